The van der Waals surface area contributed by atoms with Crippen LogP contribution >= 0.6 is 0 Å². The number of hydrogen-bond donors (Lipinski definition) is 1. The second-order valence-corrected chi connectivity index (χ2v) is 6.70. The zero-order valence-corrected chi connectivity index (χ0v) is 15.8. The standard InChI is InChI=1S/C21H19FN4O2/c1-11-20-18(24-12(2)23-11)10-17(26-21(20)27)14-8-7-13(22)9-15(14)16-5-4-6-19(25-16)28-3/h4-9,17H,10H2,1-3H3,(H,26,27). The highest BCUT2D eigenvalue weighted by Crippen LogP contribution is 2.33. The van der Waals surface area contributed by atoms with E-state index in [2.05, 4.69) is 20.3 Å². The van der Waals surface area contributed by atoms with Gasteiger partial charge >= 0.3 is 0 Å². The summed E-state index contributed by atoms with van der Waals surface area (Å²) in [6.07, 6.45) is 0.494. The van der Waals surface area contributed by atoms with Gasteiger partial charge in [-0.1, -0.05) is 12.1 Å². The molecular weight excluding hydrogens is 359 g/mol. The highest BCUT2D eigenvalue weighted by molar-refractivity contribution is 5.97. The smallest absolute Gasteiger partial charge is 0.255 e. The van der Waals surface area contributed by atoms with Gasteiger partial charge in [0.15, 0.2) is 0 Å². The van der Waals surface area contributed by atoms with Crippen LogP contribution in [-0.2, 0) is 6.42 Å². The number of nitrogens with one attached hydrogen (secondary N) is 1. The Morgan fingerprint density at radius 2 is 1.96 bits per heavy atom. The Morgan fingerprint density at radius 1 is 1.14 bits per heavy atom. The molecule has 3 aromatic rings. The molecule has 0 spiro atoms. The number of pyridine rings is 1. The summed E-state index contributed by atoms with van der Waals surface area (Å²) >= 11 is 0. The number of methoxy groups -OCH3 is 1. The van der Waals surface area contributed by atoms with E-state index in [0.29, 0.717) is 46.3 Å². The molecule has 1 aliphatic heterocycles. The Labute approximate surface area is 161 Å². The van der Waals surface area contributed by atoms with Crippen LogP contribution in [0.25, 0.3) is 11.3 Å². The van der Waals surface area contributed by atoms with E-state index >= 15 is 0 Å². The molecule has 1 atom stereocenters. The summed E-state index contributed by atoms with van der Waals surface area (Å²) in [5.74, 6) is 0.459. The number of hydrogen-bond acceptors (Lipinski definition) is 5. The van der Waals surface area contributed by atoms with Crippen LogP contribution in [0.2, 0.25) is 0 Å². The van der Waals surface area contributed by atoms with E-state index in [9.17, 15) is 9.18 Å². The third kappa shape index (κ3) is 3.19. The van der Waals surface area contributed by atoms with Gasteiger partial charge in [0.05, 0.1) is 35.8 Å². The maximum absolute atomic E-state index is 14.0. The van der Waals surface area contributed by atoms with Crippen LogP contribution in [0, 0.1) is 19.7 Å². The summed E-state index contributed by atoms with van der Waals surface area (Å²) in [6, 6.07) is 9.45. The Morgan fingerprint density at radius 3 is 2.75 bits per heavy atom. The normalized spacial score (nSPS) is 15.7. The first-order chi connectivity index (χ1) is 13.5. The lowest BCUT2D eigenvalue weighted by atomic mass is 9.90. The molecule has 7 heteroatoms. The van der Waals surface area contributed by atoms with Crippen molar-refractivity contribution in [1.29, 1.82) is 0 Å². The molecule has 0 bridgehead atoms. The molecule has 6 nitrogen and oxygen atoms in total. The van der Waals surface area contributed by atoms with Gasteiger partial charge in [0.2, 0.25) is 5.88 Å². The van der Waals surface area contributed by atoms with Gasteiger partial charge in [0, 0.05) is 18.1 Å². The van der Waals surface area contributed by atoms with Crippen molar-refractivity contribution in [3.05, 3.63) is 70.6 Å². The fraction of sp³-hybridized carbons (Fsp3) is 0.238. The minimum Gasteiger partial charge on any atom is -0.481 e. The summed E-state index contributed by atoms with van der Waals surface area (Å²) in [5.41, 5.74) is 3.83. The minimum atomic E-state index is -0.375. The summed E-state index contributed by atoms with van der Waals surface area (Å²) in [5, 5.41) is 3.01. The molecule has 142 valence electrons. The summed E-state index contributed by atoms with van der Waals surface area (Å²) in [6.45, 7) is 3.61. The number of carbonyl (C=O) groups is 1. The molecule has 1 aromatic carbocycles. The molecule has 2 aromatic heterocycles. The van der Waals surface area contributed by atoms with Gasteiger partial charge in [-0.05, 0) is 37.6 Å². The number of carbonyl (C=O) groups excluding carboxylic acids is 1. The van der Waals surface area contributed by atoms with Crippen molar-refractivity contribution in [2.45, 2.75) is 26.3 Å². The number of nitrogens with zero attached hydrogens (tertiary/aromatic N) is 3. The van der Waals surface area contributed by atoms with Crippen molar-refractivity contribution in [1.82, 2.24) is 20.3 Å². The first-order valence-corrected chi connectivity index (χ1v) is 8.92. The first kappa shape index (κ1) is 18.0. The van der Waals surface area contributed by atoms with E-state index in [1.165, 1.54) is 19.2 Å². The van der Waals surface area contributed by atoms with Crippen molar-refractivity contribution < 1.29 is 13.9 Å². The Hall–Kier alpha value is -3.35. The zero-order valence-electron chi connectivity index (χ0n) is 15.8. The molecule has 0 saturated carbocycles. The van der Waals surface area contributed by atoms with E-state index in [1.807, 2.05) is 0 Å². The van der Waals surface area contributed by atoms with E-state index in [-0.39, 0.29) is 17.8 Å². The van der Waals surface area contributed by atoms with E-state index < -0.39 is 0 Å². The van der Waals surface area contributed by atoms with Crippen LogP contribution in [0.5, 0.6) is 5.88 Å². The topological polar surface area (TPSA) is 77.0 Å². The quantitative estimate of drug-likeness (QED) is 0.756. The number of aromatic nitrogens is 3. The highest BCUT2D eigenvalue weighted by atomic mass is 19.1. The van der Waals surface area contributed by atoms with Crippen LogP contribution in [0.3, 0.4) is 0 Å². The van der Waals surface area contributed by atoms with Crippen LogP contribution in [-0.4, -0.2) is 28.0 Å². The van der Waals surface area contributed by atoms with Gasteiger partial charge < -0.3 is 10.1 Å². The molecule has 0 radical (unpaired) electrons. The van der Waals surface area contributed by atoms with E-state index in [4.69, 9.17) is 4.74 Å². The lowest BCUT2D eigenvalue weighted by Gasteiger charge is -2.27. The molecule has 0 fully saturated rings. The molecule has 28 heavy (non-hydrogen) atoms. The highest BCUT2D eigenvalue weighted by Gasteiger charge is 2.30. The van der Waals surface area contributed by atoms with Crippen LogP contribution in [0.4, 0.5) is 4.39 Å². The summed E-state index contributed by atoms with van der Waals surface area (Å²) < 4.78 is 19.2. The third-order valence-corrected chi connectivity index (χ3v) is 4.81. The van der Waals surface area contributed by atoms with Crippen molar-refractivity contribution in [2.75, 3.05) is 7.11 Å². The fourth-order valence-corrected chi connectivity index (χ4v) is 3.62. The first-order valence-electron chi connectivity index (χ1n) is 8.92. The fourth-order valence-electron chi connectivity index (χ4n) is 3.62. The number of halogens is 1. The van der Waals surface area contributed by atoms with Crippen molar-refractivity contribution >= 4 is 5.91 Å². The molecule has 1 unspecified atom stereocenters. The molecule has 0 aliphatic carbocycles. The van der Waals surface area contributed by atoms with Crippen molar-refractivity contribution in [2.24, 2.45) is 0 Å². The van der Waals surface area contributed by atoms with Gasteiger partial charge in [0.1, 0.15) is 11.6 Å². The molecule has 1 amide bonds. The minimum absolute atomic E-state index is 0.224. The van der Waals surface area contributed by atoms with E-state index in [1.54, 1.807) is 38.1 Å². The van der Waals surface area contributed by atoms with Gasteiger partial charge in [-0.3, -0.25) is 4.79 Å². The SMILES string of the molecule is COc1cccc(-c2cc(F)ccc2C2Cc3nc(C)nc(C)c3C(=O)N2)n1. The lowest BCUT2D eigenvalue weighted by Crippen LogP contribution is -2.37. The molecular formula is C21H19FN4O2. The Bertz CT molecular complexity index is 1080. The van der Waals surface area contributed by atoms with Crippen molar-refractivity contribution in [3.8, 4) is 17.1 Å². The van der Waals surface area contributed by atoms with Crippen LogP contribution in [0.15, 0.2) is 36.4 Å². The number of benzene rings is 1. The largest absolute Gasteiger partial charge is 0.481 e. The van der Waals surface area contributed by atoms with Crippen LogP contribution < -0.4 is 10.1 Å². The lowest BCUT2D eigenvalue weighted by molar-refractivity contribution is 0.0922. The third-order valence-electron chi connectivity index (χ3n) is 4.81. The molecule has 0 saturated heterocycles. The van der Waals surface area contributed by atoms with Crippen LogP contribution in [0.1, 0.15) is 39.2 Å². The predicted molar refractivity (Wildman–Crippen MR) is 102 cm³/mol. The number of aryl methyl sites for hydroxylation is 2. The maximum Gasteiger partial charge on any atom is 0.255 e. The van der Waals surface area contributed by atoms with Gasteiger partial charge in [-0.15, -0.1) is 0 Å². The monoisotopic (exact) mass is 378 g/mol. The van der Waals surface area contributed by atoms with Gasteiger partial charge in [-0.25, -0.2) is 19.3 Å². The number of amides is 1. The maximum atomic E-state index is 14.0. The predicted octanol–water partition coefficient (Wildman–Crippen LogP) is 3.33. The average Bonchev–Trinajstić information content (AvgIpc) is 2.67. The molecule has 1 aliphatic rings. The Kier molecular flexibility index (Phi) is 4.50. The Balaban J connectivity index is 1.81. The zero-order chi connectivity index (χ0) is 19.8. The molecule has 3 heterocycles. The average molecular weight is 378 g/mol. The number of ether oxygens (including phenoxy) is 1. The second kappa shape index (κ2) is 6.99. The second-order valence-electron chi connectivity index (χ2n) is 6.70. The molecule has 4 rings (SSSR count). The van der Waals surface area contributed by atoms with Gasteiger partial charge in [-0.2, -0.15) is 0 Å². The number of fused-ring (bicyclic) bond motifs is 1. The molecule has 1 N–H and O–H groups in total. The van der Waals surface area contributed by atoms with E-state index in [0.717, 1.165) is 5.56 Å². The van der Waals surface area contributed by atoms with Crippen molar-refractivity contribution in [3.63, 3.8) is 0 Å². The summed E-state index contributed by atoms with van der Waals surface area (Å²) in [7, 11) is 1.53. The van der Waals surface area contributed by atoms with Gasteiger partial charge in [0.25, 0.3) is 5.91 Å². The number of rotatable bonds is 3. The summed E-state index contributed by atoms with van der Waals surface area (Å²) in [4.78, 5) is 25.9.